The summed E-state index contributed by atoms with van der Waals surface area (Å²) in [5, 5.41) is 10.8. The van der Waals surface area contributed by atoms with Crippen LogP contribution in [-0.2, 0) is 16.0 Å². The van der Waals surface area contributed by atoms with Crippen molar-refractivity contribution in [2.45, 2.75) is 39.2 Å². The molecule has 0 aliphatic rings. The second-order valence-corrected chi connectivity index (χ2v) is 5.47. The second-order valence-electron chi connectivity index (χ2n) is 4.44. The second kappa shape index (κ2) is 7.16. The molecule has 0 aromatic carbocycles. The topological polar surface area (TPSA) is 57.6 Å². The number of hydrogen-bond donors (Lipinski definition) is 1. The lowest BCUT2D eigenvalue weighted by atomic mass is 10.2. The van der Waals surface area contributed by atoms with Crippen molar-refractivity contribution in [2.24, 2.45) is 0 Å². The molecule has 0 atom stereocenters. The molecule has 5 heteroatoms. The van der Waals surface area contributed by atoms with E-state index >= 15 is 0 Å². The monoisotopic (exact) mass is 269 g/mol. The van der Waals surface area contributed by atoms with E-state index in [1.165, 1.54) is 9.78 Å². The molecule has 0 saturated carbocycles. The molecule has 0 unspecified atom stereocenters. The number of carbonyl (C=O) groups excluding carboxylic acids is 1. The molecular formula is C13H19NO3S. The van der Waals surface area contributed by atoms with Gasteiger partial charge in [0.1, 0.15) is 6.54 Å². The van der Waals surface area contributed by atoms with Gasteiger partial charge >= 0.3 is 5.97 Å². The van der Waals surface area contributed by atoms with Crippen LogP contribution in [0.4, 0.5) is 0 Å². The maximum atomic E-state index is 11.9. The Bertz CT molecular complexity index is 387. The Morgan fingerprint density at radius 1 is 1.44 bits per heavy atom. The summed E-state index contributed by atoms with van der Waals surface area (Å²) >= 11 is 1.68. The van der Waals surface area contributed by atoms with E-state index in [9.17, 15) is 9.59 Å². The predicted octanol–water partition coefficient (Wildman–Crippen LogP) is 2.39. The average molecular weight is 269 g/mol. The molecule has 1 amide bonds. The van der Waals surface area contributed by atoms with Crippen molar-refractivity contribution in [1.82, 2.24) is 4.90 Å². The van der Waals surface area contributed by atoms with Crippen molar-refractivity contribution in [3.8, 4) is 0 Å². The highest BCUT2D eigenvalue weighted by molar-refractivity contribution is 7.09. The Hall–Kier alpha value is -1.36. The lowest BCUT2D eigenvalue weighted by Crippen LogP contribution is -2.40. The van der Waals surface area contributed by atoms with E-state index in [4.69, 9.17) is 5.11 Å². The fourth-order valence-electron chi connectivity index (χ4n) is 1.72. The largest absolute Gasteiger partial charge is 0.480 e. The van der Waals surface area contributed by atoms with E-state index in [1.54, 1.807) is 11.3 Å². The Morgan fingerprint density at radius 2 is 2.17 bits per heavy atom. The van der Waals surface area contributed by atoms with Gasteiger partial charge in [-0.3, -0.25) is 9.59 Å². The number of amides is 1. The summed E-state index contributed by atoms with van der Waals surface area (Å²) in [6.07, 6.45) is 2.05. The summed E-state index contributed by atoms with van der Waals surface area (Å²) in [5.74, 6) is -1.04. The minimum Gasteiger partial charge on any atom is -0.480 e. The van der Waals surface area contributed by atoms with Crippen molar-refractivity contribution in [2.75, 3.05) is 6.54 Å². The van der Waals surface area contributed by atoms with E-state index in [0.717, 1.165) is 12.8 Å². The van der Waals surface area contributed by atoms with Gasteiger partial charge in [-0.05, 0) is 38.1 Å². The van der Waals surface area contributed by atoms with Crippen LogP contribution in [0, 0.1) is 0 Å². The van der Waals surface area contributed by atoms with Crippen LogP contribution in [0.5, 0.6) is 0 Å². The maximum absolute atomic E-state index is 11.9. The minimum atomic E-state index is -0.963. The molecule has 0 bridgehead atoms. The Morgan fingerprint density at radius 3 is 2.67 bits per heavy atom. The zero-order chi connectivity index (χ0) is 13.5. The van der Waals surface area contributed by atoms with Gasteiger partial charge in [-0.15, -0.1) is 11.3 Å². The maximum Gasteiger partial charge on any atom is 0.323 e. The van der Waals surface area contributed by atoms with E-state index in [1.807, 2.05) is 31.4 Å². The van der Waals surface area contributed by atoms with Crippen LogP contribution in [0.25, 0.3) is 0 Å². The first-order valence-electron chi connectivity index (χ1n) is 6.04. The summed E-state index contributed by atoms with van der Waals surface area (Å²) < 4.78 is 0. The Labute approximate surface area is 111 Å². The first-order valence-corrected chi connectivity index (χ1v) is 6.92. The first-order chi connectivity index (χ1) is 8.50. The standard InChI is InChI=1S/C13H19NO3S/c1-10(2)14(9-13(16)17)12(15)7-3-5-11-6-4-8-18-11/h4,6,8,10H,3,5,7,9H2,1-2H3,(H,16,17). The van der Waals surface area contributed by atoms with Gasteiger partial charge in [-0.2, -0.15) is 0 Å². The van der Waals surface area contributed by atoms with Gasteiger partial charge in [0.05, 0.1) is 0 Å². The predicted molar refractivity (Wildman–Crippen MR) is 71.7 cm³/mol. The molecule has 0 aliphatic heterocycles. The molecule has 0 radical (unpaired) electrons. The number of carbonyl (C=O) groups is 2. The number of hydrogen-bond acceptors (Lipinski definition) is 3. The molecule has 0 saturated heterocycles. The van der Waals surface area contributed by atoms with E-state index in [2.05, 4.69) is 0 Å². The normalized spacial score (nSPS) is 10.6. The zero-order valence-electron chi connectivity index (χ0n) is 10.8. The molecule has 100 valence electrons. The zero-order valence-corrected chi connectivity index (χ0v) is 11.6. The molecule has 1 aromatic rings. The van der Waals surface area contributed by atoms with Crippen LogP contribution >= 0.6 is 11.3 Å². The van der Waals surface area contributed by atoms with Crippen LogP contribution in [0.1, 0.15) is 31.6 Å². The highest BCUT2D eigenvalue weighted by Gasteiger charge is 2.19. The van der Waals surface area contributed by atoms with E-state index in [0.29, 0.717) is 6.42 Å². The van der Waals surface area contributed by atoms with Crippen molar-refractivity contribution in [1.29, 1.82) is 0 Å². The van der Waals surface area contributed by atoms with Crippen molar-refractivity contribution >= 4 is 23.2 Å². The Kier molecular flexibility index (Phi) is 5.85. The summed E-state index contributed by atoms with van der Waals surface area (Å²) in [6, 6.07) is 3.97. The van der Waals surface area contributed by atoms with Gasteiger partial charge in [-0.25, -0.2) is 0 Å². The molecule has 1 rings (SSSR count). The summed E-state index contributed by atoms with van der Waals surface area (Å²) in [4.78, 5) is 25.3. The fraction of sp³-hybridized carbons (Fsp3) is 0.538. The molecule has 18 heavy (non-hydrogen) atoms. The summed E-state index contributed by atoms with van der Waals surface area (Å²) in [6.45, 7) is 3.45. The highest BCUT2D eigenvalue weighted by atomic mass is 32.1. The molecule has 1 aromatic heterocycles. The number of carboxylic acids is 1. The first kappa shape index (κ1) is 14.7. The smallest absolute Gasteiger partial charge is 0.323 e. The van der Waals surface area contributed by atoms with E-state index < -0.39 is 5.97 Å². The van der Waals surface area contributed by atoms with Gasteiger partial charge in [0.15, 0.2) is 0 Å². The molecule has 0 spiro atoms. The van der Waals surface area contributed by atoms with Crippen molar-refractivity contribution < 1.29 is 14.7 Å². The third kappa shape index (κ3) is 4.87. The highest BCUT2D eigenvalue weighted by Crippen LogP contribution is 2.13. The number of aryl methyl sites for hydroxylation is 1. The van der Waals surface area contributed by atoms with Crippen molar-refractivity contribution in [3.05, 3.63) is 22.4 Å². The quantitative estimate of drug-likeness (QED) is 0.827. The fourth-order valence-corrected chi connectivity index (χ4v) is 2.47. The van der Waals surface area contributed by atoms with Gasteiger partial charge < -0.3 is 10.0 Å². The summed E-state index contributed by atoms with van der Waals surface area (Å²) in [7, 11) is 0. The lowest BCUT2D eigenvalue weighted by Gasteiger charge is -2.24. The molecule has 4 nitrogen and oxygen atoms in total. The van der Waals surface area contributed by atoms with Gasteiger partial charge in [-0.1, -0.05) is 6.07 Å². The SMILES string of the molecule is CC(C)N(CC(=O)O)C(=O)CCCc1cccs1. The van der Waals surface area contributed by atoms with Crippen molar-refractivity contribution in [3.63, 3.8) is 0 Å². The lowest BCUT2D eigenvalue weighted by molar-refractivity contribution is -0.145. The summed E-state index contributed by atoms with van der Waals surface area (Å²) in [5.41, 5.74) is 0. The number of thiophene rings is 1. The van der Waals surface area contributed by atoms with E-state index in [-0.39, 0.29) is 18.5 Å². The third-order valence-corrected chi connectivity index (χ3v) is 3.58. The molecule has 0 fully saturated rings. The van der Waals surface area contributed by atoms with Crippen LogP contribution < -0.4 is 0 Å². The molecular weight excluding hydrogens is 250 g/mol. The van der Waals surface area contributed by atoms with Crippen LogP contribution in [0.15, 0.2) is 17.5 Å². The number of rotatable bonds is 7. The third-order valence-electron chi connectivity index (χ3n) is 2.64. The van der Waals surface area contributed by atoms with Crippen LogP contribution in [0.3, 0.4) is 0 Å². The van der Waals surface area contributed by atoms with Gasteiger partial charge in [0.25, 0.3) is 0 Å². The molecule has 1 heterocycles. The average Bonchev–Trinajstić information content (AvgIpc) is 2.78. The number of aliphatic carboxylic acids is 1. The number of nitrogens with zero attached hydrogens (tertiary/aromatic N) is 1. The van der Waals surface area contributed by atoms with Gasteiger partial charge in [0, 0.05) is 17.3 Å². The number of carboxylic acid groups (broad SMARTS) is 1. The van der Waals surface area contributed by atoms with Gasteiger partial charge in [0.2, 0.25) is 5.91 Å². The Balaban J connectivity index is 2.39. The minimum absolute atomic E-state index is 0.0738. The van der Waals surface area contributed by atoms with Crippen LogP contribution in [-0.4, -0.2) is 34.5 Å². The molecule has 1 N–H and O–H groups in total. The molecule has 0 aliphatic carbocycles. The van der Waals surface area contributed by atoms with Crippen LogP contribution in [0.2, 0.25) is 0 Å².